The van der Waals surface area contributed by atoms with Crippen molar-refractivity contribution in [1.29, 1.82) is 5.26 Å². The molecule has 30 heavy (non-hydrogen) atoms. The first kappa shape index (κ1) is 21.3. The highest BCUT2D eigenvalue weighted by atomic mass is 16.2. The summed E-state index contributed by atoms with van der Waals surface area (Å²) in [5, 5.41) is 12.1. The second-order valence-electron chi connectivity index (χ2n) is 7.70. The van der Waals surface area contributed by atoms with Gasteiger partial charge in [-0.05, 0) is 56.4 Å². The highest BCUT2D eigenvalue weighted by molar-refractivity contribution is 5.93. The van der Waals surface area contributed by atoms with Gasteiger partial charge in [-0.2, -0.15) is 5.26 Å². The number of H-pyrrole nitrogens is 1. The van der Waals surface area contributed by atoms with Crippen LogP contribution < -0.4 is 10.9 Å². The number of carbonyl (C=O) groups is 2. The molecule has 1 fully saturated rings. The minimum atomic E-state index is -0.397. The van der Waals surface area contributed by atoms with Gasteiger partial charge in [0.1, 0.15) is 11.6 Å². The molecule has 3 rings (SSSR count). The van der Waals surface area contributed by atoms with Gasteiger partial charge >= 0.3 is 0 Å². The minimum Gasteiger partial charge on any atom is -0.342 e. The summed E-state index contributed by atoms with van der Waals surface area (Å²) in [6.45, 7) is 4.57. The van der Waals surface area contributed by atoms with Gasteiger partial charge in [0.15, 0.2) is 0 Å². The van der Waals surface area contributed by atoms with Crippen molar-refractivity contribution >= 4 is 17.5 Å². The van der Waals surface area contributed by atoms with Gasteiger partial charge in [-0.25, -0.2) is 0 Å². The lowest BCUT2D eigenvalue weighted by Gasteiger charge is -2.32. The highest BCUT2D eigenvalue weighted by Crippen LogP contribution is 2.21. The third-order valence-corrected chi connectivity index (χ3v) is 5.70. The van der Waals surface area contributed by atoms with Gasteiger partial charge in [-0.3, -0.25) is 14.4 Å². The second-order valence-corrected chi connectivity index (χ2v) is 7.70. The normalized spacial score (nSPS) is 16.0. The number of nitrogens with one attached hydrogen (secondary N) is 2. The number of carbonyl (C=O) groups excluding carboxylic acids is 2. The number of nitrogens with zero attached hydrogens (tertiary/aromatic N) is 2. The smallest absolute Gasteiger partial charge is 0.266 e. The van der Waals surface area contributed by atoms with Crippen LogP contribution in [-0.2, 0) is 16.0 Å². The molecular weight excluding hydrogens is 380 g/mol. The van der Waals surface area contributed by atoms with Crippen molar-refractivity contribution < 1.29 is 9.59 Å². The summed E-state index contributed by atoms with van der Waals surface area (Å²) in [6.07, 6.45) is 2.25. The van der Waals surface area contributed by atoms with Crippen LogP contribution in [0.3, 0.4) is 0 Å². The fourth-order valence-electron chi connectivity index (χ4n) is 3.99. The third kappa shape index (κ3) is 4.77. The number of pyridine rings is 1. The molecule has 0 aliphatic carbocycles. The Morgan fingerprint density at radius 2 is 2.00 bits per heavy atom. The molecule has 156 valence electrons. The van der Waals surface area contributed by atoms with Crippen LogP contribution in [0.1, 0.15) is 41.6 Å². The van der Waals surface area contributed by atoms with E-state index < -0.39 is 5.56 Å². The maximum absolute atomic E-state index is 12.8. The predicted molar refractivity (Wildman–Crippen MR) is 114 cm³/mol. The number of para-hydroxylation sites is 1. The molecule has 0 spiro atoms. The molecule has 1 saturated heterocycles. The summed E-state index contributed by atoms with van der Waals surface area (Å²) in [5.74, 6) is -0.315. The number of benzene rings is 1. The van der Waals surface area contributed by atoms with Crippen LogP contribution in [0.4, 0.5) is 5.69 Å². The molecule has 0 bridgehead atoms. The Bertz CT molecular complexity index is 1040. The summed E-state index contributed by atoms with van der Waals surface area (Å²) in [5.41, 5.74) is 2.59. The zero-order valence-corrected chi connectivity index (χ0v) is 17.3. The van der Waals surface area contributed by atoms with Crippen molar-refractivity contribution in [3.63, 3.8) is 0 Å². The quantitative estimate of drug-likeness (QED) is 0.796. The van der Waals surface area contributed by atoms with Gasteiger partial charge in [-0.1, -0.05) is 18.2 Å². The highest BCUT2D eigenvalue weighted by Gasteiger charge is 2.28. The van der Waals surface area contributed by atoms with Crippen LogP contribution in [0.25, 0.3) is 0 Å². The molecule has 0 radical (unpaired) electrons. The third-order valence-electron chi connectivity index (χ3n) is 5.70. The lowest BCUT2D eigenvalue weighted by molar-refractivity contribution is -0.134. The number of aromatic nitrogens is 1. The van der Waals surface area contributed by atoms with Gasteiger partial charge in [0, 0.05) is 30.9 Å². The fraction of sp³-hybridized carbons (Fsp3) is 0.391. The molecular formula is C23H26N4O3. The monoisotopic (exact) mass is 406 g/mol. The Morgan fingerprint density at radius 3 is 2.70 bits per heavy atom. The van der Waals surface area contributed by atoms with Crippen LogP contribution in [0.15, 0.2) is 35.1 Å². The van der Waals surface area contributed by atoms with Gasteiger partial charge < -0.3 is 15.2 Å². The van der Waals surface area contributed by atoms with Crippen molar-refractivity contribution in [2.75, 3.05) is 18.4 Å². The number of nitriles is 1. The number of rotatable bonds is 5. The summed E-state index contributed by atoms with van der Waals surface area (Å²) in [7, 11) is 0. The first-order valence-electron chi connectivity index (χ1n) is 10.2. The maximum atomic E-state index is 12.8. The second kappa shape index (κ2) is 9.40. The molecule has 1 aromatic carbocycles. The molecule has 1 aliphatic heterocycles. The zero-order chi connectivity index (χ0) is 21.7. The molecule has 1 aromatic heterocycles. The Hall–Kier alpha value is -3.40. The summed E-state index contributed by atoms with van der Waals surface area (Å²) >= 11 is 0. The number of likely N-dealkylation sites (tertiary alicyclic amines) is 1. The lowest BCUT2D eigenvalue weighted by atomic mass is 9.95. The Balaban J connectivity index is 1.62. The van der Waals surface area contributed by atoms with E-state index in [1.807, 2.05) is 36.4 Å². The van der Waals surface area contributed by atoms with E-state index >= 15 is 0 Å². The first-order chi connectivity index (χ1) is 14.4. The average molecular weight is 406 g/mol. The van der Waals surface area contributed by atoms with Crippen molar-refractivity contribution in [1.82, 2.24) is 9.88 Å². The minimum absolute atomic E-state index is 0.0179. The molecule has 1 atom stereocenters. The van der Waals surface area contributed by atoms with Crippen LogP contribution in [-0.4, -0.2) is 34.8 Å². The first-order valence-corrected chi connectivity index (χ1v) is 10.2. The van der Waals surface area contributed by atoms with Gasteiger partial charge in [-0.15, -0.1) is 0 Å². The summed E-state index contributed by atoms with van der Waals surface area (Å²) < 4.78 is 0. The number of anilines is 1. The molecule has 2 aromatic rings. The standard InChI is InChI=1S/C23H26N4O3/c1-15-19(16(2)25-23(30)20(15)13-24)10-11-21(28)27-12-6-7-17(14-27)22(29)26-18-8-4-3-5-9-18/h3-5,8-9,17H,6-7,10-12,14H2,1-2H3,(H,25,30)(H,26,29). The average Bonchev–Trinajstić information content (AvgIpc) is 2.74. The van der Waals surface area contributed by atoms with E-state index in [0.717, 1.165) is 24.1 Å². The Morgan fingerprint density at radius 1 is 1.27 bits per heavy atom. The molecule has 7 heteroatoms. The predicted octanol–water partition coefficient (Wildman–Crippen LogP) is 2.67. The van der Waals surface area contributed by atoms with Gasteiger partial charge in [0.2, 0.25) is 11.8 Å². The van der Waals surface area contributed by atoms with Crippen molar-refractivity contribution in [2.45, 2.75) is 39.5 Å². The molecule has 0 saturated carbocycles. The summed E-state index contributed by atoms with van der Waals surface area (Å²) in [6, 6.07) is 11.2. The number of hydrogen-bond acceptors (Lipinski definition) is 4. The van der Waals surface area contributed by atoms with Crippen LogP contribution in [0, 0.1) is 31.1 Å². The largest absolute Gasteiger partial charge is 0.342 e. The van der Waals surface area contributed by atoms with E-state index in [-0.39, 0.29) is 29.7 Å². The van der Waals surface area contributed by atoms with Crippen LogP contribution in [0.2, 0.25) is 0 Å². The SMILES string of the molecule is Cc1[nH]c(=O)c(C#N)c(C)c1CCC(=O)N1CCCC(C(=O)Nc2ccccc2)C1. The number of aryl methyl sites for hydroxylation is 1. The number of amides is 2. The Labute approximate surface area is 175 Å². The molecule has 2 heterocycles. The zero-order valence-electron chi connectivity index (χ0n) is 17.3. The molecule has 1 aliphatic rings. The number of piperidine rings is 1. The van der Waals surface area contributed by atoms with Crippen molar-refractivity contribution in [3.8, 4) is 6.07 Å². The van der Waals surface area contributed by atoms with E-state index in [0.29, 0.717) is 30.8 Å². The Kier molecular flexibility index (Phi) is 6.68. The van der Waals surface area contributed by atoms with Crippen LogP contribution >= 0.6 is 0 Å². The number of aromatic amines is 1. The summed E-state index contributed by atoms with van der Waals surface area (Å²) in [4.78, 5) is 41.7. The number of hydrogen-bond donors (Lipinski definition) is 2. The molecule has 1 unspecified atom stereocenters. The van der Waals surface area contributed by atoms with Crippen molar-refractivity contribution in [3.05, 3.63) is 63.1 Å². The van der Waals surface area contributed by atoms with E-state index in [1.165, 1.54) is 0 Å². The van der Waals surface area contributed by atoms with E-state index in [4.69, 9.17) is 0 Å². The topological polar surface area (TPSA) is 106 Å². The maximum Gasteiger partial charge on any atom is 0.266 e. The molecule has 7 nitrogen and oxygen atoms in total. The lowest BCUT2D eigenvalue weighted by Crippen LogP contribution is -2.43. The van der Waals surface area contributed by atoms with Gasteiger partial charge in [0.25, 0.3) is 5.56 Å². The molecule has 2 amide bonds. The van der Waals surface area contributed by atoms with E-state index in [2.05, 4.69) is 10.3 Å². The van der Waals surface area contributed by atoms with Gasteiger partial charge in [0.05, 0.1) is 5.92 Å². The molecule has 2 N–H and O–H groups in total. The fourth-order valence-corrected chi connectivity index (χ4v) is 3.99. The van der Waals surface area contributed by atoms with E-state index in [9.17, 15) is 19.6 Å². The van der Waals surface area contributed by atoms with Crippen LogP contribution in [0.5, 0.6) is 0 Å². The van der Waals surface area contributed by atoms with Crippen molar-refractivity contribution in [2.24, 2.45) is 5.92 Å². The van der Waals surface area contributed by atoms with E-state index in [1.54, 1.807) is 18.7 Å².